The number of ether oxygens (including phenoxy) is 1. The minimum Gasteiger partial charge on any atom is -0.497 e. The fourth-order valence-electron chi connectivity index (χ4n) is 2.39. The van der Waals surface area contributed by atoms with Gasteiger partial charge in [0.15, 0.2) is 0 Å². The van der Waals surface area contributed by atoms with Crippen molar-refractivity contribution < 1.29 is 9.53 Å². The van der Waals surface area contributed by atoms with E-state index in [1.165, 1.54) is 6.08 Å². The van der Waals surface area contributed by atoms with Crippen LogP contribution in [0.1, 0.15) is 11.3 Å². The number of carbonyl (C=O) groups is 1. The predicted molar refractivity (Wildman–Crippen MR) is 101 cm³/mol. The van der Waals surface area contributed by atoms with Crippen molar-refractivity contribution in [1.82, 2.24) is 15.3 Å². The zero-order valence-electron chi connectivity index (χ0n) is 13.9. The van der Waals surface area contributed by atoms with Crippen LogP contribution in [0.4, 0.5) is 0 Å². The molecule has 25 heavy (non-hydrogen) atoms. The molecule has 0 aliphatic heterocycles. The summed E-state index contributed by atoms with van der Waals surface area (Å²) in [6.45, 7) is 0.548. The molecule has 2 heterocycles. The highest BCUT2D eigenvalue weighted by Crippen LogP contribution is 2.25. The SMILES string of the molecule is COc1ccc(/C=C/C(=O)NCCc2[nH]cnc2-c2cccs2)cc1. The smallest absolute Gasteiger partial charge is 0.244 e. The van der Waals surface area contributed by atoms with Gasteiger partial charge in [-0.15, -0.1) is 11.3 Å². The van der Waals surface area contributed by atoms with E-state index in [0.29, 0.717) is 13.0 Å². The Morgan fingerprint density at radius 1 is 1.32 bits per heavy atom. The lowest BCUT2D eigenvalue weighted by atomic mass is 10.2. The molecule has 0 saturated carbocycles. The quantitative estimate of drug-likeness (QED) is 0.639. The van der Waals surface area contributed by atoms with Crippen LogP contribution in [0.15, 0.2) is 54.2 Å². The average molecular weight is 353 g/mol. The van der Waals surface area contributed by atoms with Gasteiger partial charge in [0, 0.05) is 24.7 Å². The number of methoxy groups -OCH3 is 1. The van der Waals surface area contributed by atoms with E-state index < -0.39 is 0 Å². The van der Waals surface area contributed by atoms with Gasteiger partial charge >= 0.3 is 0 Å². The van der Waals surface area contributed by atoms with E-state index in [9.17, 15) is 4.79 Å². The number of imidazole rings is 1. The molecule has 3 aromatic rings. The summed E-state index contributed by atoms with van der Waals surface area (Å²) < 4.78 is 5.11. The highest BCUT2D eigenvalue weighted by molar-refractivity contribution is 7.13. The molecule has 0 fully saturated rings. The molecular formula is C19H19N3O2S. The Hall–Kier alpha value is -2.86. The highest BCUT2D eigenvalue weighted by atomic mass is 32.1. The van der Waals surface area contributed by atoms with E-state index in [1.807, 2.05) is 41.8 Å². The summed E-state index contributed by atoms with van der Waals surface area (Å²) in [4.78, 5) is 20.6. The number of hydrogen-bond donors (Lipinski definition) is 2. The number of hydrogen-bond acceptors (Lipinski definition) is 4. The van der Waals surface area contributed by atoms with E-state index in [-0.39, 0.29) is 5.91 Å². The van der Waals surface area contributed by atoms with E-state index in [1.54, 1.807) is 30.8 Å². The monoisotopic (exact) mass is 353 g/mol. The van der Waals surface area contributed by atoms with Crippen LogP contribution in [-0.4, -0.2) is 29.5 Å². The first-order chi connectivity index (χ1) is 12.3. The van der Waals surface area contributed by atoms with E-state index >= 15 is 0 Å². The molecule has 0 bridgehead atoms. The molecule has 0 unspecified atom stereocenters. The third kappa shape index (κ3) is 4.58. The number of rotatable bonds is 7. The number of thiophene rings is 1. The second-order valence-corrected chi connectivity index (χ2v) is 6.30. The Kier molecular flexibility index (Phi) is 5.64. The van der Waals surface area contributed by atoms with Crippen molar-refractivity contribution in [3.63, 3.8) is 0 Å². The molecule has 2 N–H and O–H groups in total. The summed E-state index contributed by atoms with van der Waals surface area (Å²) in [6.07, 6.45) is 5.71. The average Bonchev–Trinajstić information content (AvgIpc) is 3.31. The number of nitrogens with one attached hydrogen (secondary N) is 2. The lowest BCUT2D eigenvalue weighted by molar-refractivity contribution is -0.116. The van der Waals surface area contributed by atoms with E-state index in [4.69, 9.17) is 4.74 Å². The largest absolute Gasteiger partial charge is 0.497 e. The van der Waals surface area contributed by atoms with Crippen LogP contribution < -0.4 is 10.1 Å². The number of aromatic amines is 1. The van der Waals surface area contributed by atoms with Gasteiger partial charge in [0.05, 0.1) is 18.3 Å². The normalized spacial score (nSPS) is 10.9. The minimum absolute atomic E-state index is 0.118. The zero-order valence-corrected chi connectivity index (χ0v) is 14.7. The van der Waals surface area contributed by atoms with Gasteiger partial charge in [-0.1, -0.05) is 18.2 Å². The minimum atomic E-state index is -0.118. The number of aromatic nitrogens is 2. The number of carbonyl (C=O) groups excluding carboxylic acids is 1. The third-order valence-corrected chi connectivity index (χ3v) is 4.57. The van der Waals surface area contributed by atoms with Crippen molar-refractivity contribution >= 4 is 23.3 Å². The van der Waals surface area contributed by atoms with Crippen LogP contribution in [0.25, 0.3) is 16.6 Å². The maximum absolute atomic E-state index is 11.9. The predicted octanol–water partition coefficient (Wildman–Crippen LogP) is 3.52. The molecule has 0 aliphatic carbocycles. The maximum Gasteiger partial charge on any atom is 0.244 e. The van der Waals surface area contributed by atoms with Crippen molar-refractivity contribution in [2.45, 2.75) is 6.42 Å². The van der Waals surface area contributed by atoms with Crippen molar-refractivity contribution in [3.8, 4) is 16.3 Å². The Morgan fingerprint density at radius 2 is 2.16 bits per heavy atom. The van der Waals surface area contributed by atoms with Gasteiger partial charge in [-0.05, 0) is 35.2 Å². The van der Waals surface area contributed by atoms with Gasteiger partial charge in [0.1, 0.15) is 11.4 Å². The fourth-order valence-corrected chi connectivity index (χ4v) is 3.14. The molecule has 6 heteroatoms. The van der Waals surface area contributed by atoms with Crippen molar-refractivity contribution in [2.75, 3.05) is 13.7 Å². The summed E-state index contributed by atoms with van der Waals surface area (Å²) >= 11 is 1.65. The van der Waals surface area contributed by atoms with Gasteiger partial charge < -0.3 is 15.0 Å². The molecule has 0 radical (unpaired) electrons. The first-order valence-corrected chi connectivity index (χ1v) is 8.80. The Balaban J connectivity index is 1.50. The highest BCUT2D eigenvalue weighted by Gasteiger charge is 2.09. The Bertz CT molecular complexity index is 836. The summed E-state index contributed by atoms with van der Waals surface area (Å²) in [6, 6.07) is 11.6. The number of H-pyrrole nitrogens is 1. The molecule has 1 amide bonds. The lowest BCUT2D eigenvalue weighted by Crippen LogP contribution is -2.23. The van der Waals surface area contributed by atoms with Crippen molar-refractivity contribution in [2.24, 2.45) is 0 Å². The summed E-state index contributed by atoms with van der Waals surface area (Å²) in [5.41, 5.74) is 2.93. The van der Waals surface area contributed by atoms with Gasteiger partial charge in [-0.3, -0.25) is 4.79 Å². The molecule has 0 aliphatic rings. The Morgan fingerprint density at radius 3 is 2.88 bits per heavy atom. The fraction of sp³-hybridized carbons (Fsp3) is 0.158. The molecule has 1 aromatic carbocycles. The van der Waals surface area contributed by atoms with Gasteiger partial charge in [0.2, 0.25) is 5.91 Å². The third-order valence-electron chi connectivity index (χ3n) is 3.69. The zero-order chi connectivity index (χ0) is 17.5. The maximum atomic E-state index is 11.9. The standard InChI is InChI=1S/C19H19N3O2S/c1-24-15-7-4-14(5-8-15)6-9-18(23)20-11-10-16-19(22-13-21-16)17-3-2-12-25-17/h2-9,12-13H,10-11H2,1H3,(H,20,23)(H,21,22)/b9-6+. The van der Waals surface area contributed by atoms with Crippen LogP contribution in [0, 0.1) is 0 Å². The van der Waals surface area contributed by atoms with Crippen LogP contribution in [-0.2, 0) is 11.2 Å². The first-order valence-electron chi connectivity index (χ1n) is 7.92. The summed E-state index contributed by atoms with van der Waals surface area (Å²) in [5, 5.41) is 4.92. The topological polar surface area (TPSA) is 67.0 Å². The molecule has 0 spiro atoms. The molecule has 5 nitrogen and oxygen atoms in total. The molecule has 128 valence electrons. The van der Waals surface area contributed by atoms with Gasteiger partial charge in [-0.2, -0.15) is 0 Å². The van der Waals surface area contributed by atoms with E-state index in [0.717, 1.165) is 27.6 Å². The number of nitrogens with zero attached hydrogens (tertiary/aromatic N) is 1. The summed E-state index contributed by atoms with van der Waals surface area (Å²) in [5.74, 6) is 0.677. The van der Waals surface area contributed by atoms with Crippen molar-refractivity contribution in [1.29, 1.82) is 0 Å². The van der Waals surface area contributed by atoms with Crippen LogP contribution in [0.5, 0.6) is 5.75 Å². The lowest BCUT2D eigenvalue weighted by Gasteiger charge is -2.03. The van der Waals surface area contributed by atoms with Gasteiger partial charge in [-0.25, -0.2) is 4.98 Å². The summed E-state index contributed by atoms with van der Waals surface area (Å²) in [7, 11) is 1.63. The van der Waals surface area contributed by atoms with Gasteiger partial charge in [0.25, 0.3) is 0 Å². The Labute approximate surface area is 150 Å². The van der Waals surface area contributed by atoms with Crippen LogP contribution in [0.3, 0.4) is 0 Å². The van der Waals surface area contributed by atoms with Crippen LogP contribution in [0.2, 0.25) is 0 Å². The first kappa shape index (κ1) is 17.0. The van der Waals surface area contributed by atoms with Crippen LogP contribution >= 0.6 is 11.3 Å². The van der Waals surface area contributed by atoms with Crippen molar-refractivity contribution in [3.05, 3.63) is 65.4 Å². The molecule has 3 rings (SSSR count). The molecule has 0 saturated heterocycles. The molecule has 0 atom stereocenters. The number of amides is 1. The molecular weight excluding hydrogens is 334 g/mol. The van der Waals surface area contributed by atoms with E-state index in [2.05, 4.69) is 15.3 Å². The second kappa shape index (κ2) is 8.30. The molecule has 2 aromatic heterocycles. The number of benzene rings is 1. The second-order valence-electron chi connectivity index (χ2n) is 5.35.